The van der Waals surface area contributed by atoms with Crippen molar-refractivity contribution in [2.75, 3.05) is 6.61 Å². The van der Waals surface area contributed by atoms with Crippen molar-refractivity contribution >= 4 is 15.7 Å². The fourth-order valence-electron chi connectivity index (χ4n) is 1.13. The number of nitrogens with zero attached hydrogens (tertiary/aromatic N) is 1. The standard InChI is InChI=1S/C11H14N2O3S/c1-3-8-16-13-9(2)10-4-6-11(7-5-10)17(12,14)15/h3-7H,1,8H2,2H3,(H2,12,14,15). The van der Waals surface area contributed by atoms with Crippen molar-refractivity contribution in [2.45, 2.75) is 11.8 Å². The molecule has 0 aliphatic carbocycles. The Kier molecular flexibility index (Phi) is 4.42. The van der Waals surface area contributed by atoms with Crippen molar-refractivity contribution in [3.63, 3.8) is 0 Å². The first-order chi connectivity index (χ1) is 7.95. The Hall–Kier alpha value is -1.66. The van der Waals surface area contributed by atoms with Crippen molar-refractivity contribution in [2.24, 2.45) is 10.3 Å². The number of benzene rings is 1. The summed E-state index contributed by atoms with van der Waals surface area (Å²) in [4.78, 5) is 4.99. The molecule has 0 unspecified atom stereocenters. The van der Waals surface area contributed by atoms with Crippen molar-refractivity contribution < 1.29 is 13.3 Å². The zero-order chi connectivity index (χ0) is 12.9. The normalized spacial score (nSPS) is 12.2. The first kappa shape index (κ1) is 13.4. The molecular weight excluding hydrogens is 240 g/mol. The Balaban J connectivity index is 2.88. The summed E-state index contributed by atoms with van der Waals surface area (Å²) in [5, 5.41) is 8.83. The molecule has 0 aromatic heterocycles. The molecule has 0 saturated heterocycles. The van der Waals surface area contributed by atoms with Crippen LogP contribution in [0, 0.1) is 0 Å². The van der Waals surface area contributed by atoms with Crippen LogP contribution in [-0.2, 0) is 14.9 Å². The van der Waals surface area contributed by atoms with E-state index in [1.54, 1.807) is 25.1 Å². The van der Waals surface area contributed by atoms with Gasteiger partial charge in [0.25, 0.3) is 0 Å². The highest BCUT2D eigenvalue weighted by Gasteiger charge is 2.07. The molecule has 6 heteroatoms. The number of hydrogen-bond donors (Lipinski definition) is 1. The molecule has 17 heavy (non-hydrogen) atoms. The van der Waals surface area contributed by atoms with E-state index < -0.39 is 10.0 Å². The number of rotatable bonds is 5. The van der Waals surface area contributed by atoms with Crippen LogP contribution in [0.4, 0.5) is 0 Å². The van der Waals surface area contributed by atoms with Gasteiger partial charge in [0.05, 0.1) is 10.6 Å². The molecular formula is C11H14N2O3S. The molecule has 0 amide bonds. The minimum Gasteiger partial charge on any atom is -0.391 e. The summed E-state index contributed by atoms with van der Waals surface area (Å²) in [5.41, 5.74) is 1.41. The van der Waals surface area contributed by atoms with E-state index in [0.717, 1.165) is 5.56 Å². The molecule has 0 aliphatic rings. The first-order valence-corrected chi connectivity index (χ1v) is 6.40. The zero-order valence-electron chi connectivity index (χ0n) is 9.46. The number of primary sulfonamides is 1. The fourth-order valence-corrected chi connectivity index (χ4v) is 1.64. The molecule has 0 heterocycles. The highest BCUT2D eigenvalue weighted by Crippen LogP contribution is 2.09. The van der Waals surface area contributed by atoms with E-state index in [1.807, 2.05) is 0 Å². The van der Waals surface area contributed by atoms with Crippen LogP contribution in [-0.4, -0.2) is 20.7 Å². The zero-order valence-corrected chi connectivity index (χ0v) is 10.3. The molecule has 0 radical (unpaired) electrons. The summed E-state index contributed by atoms with van der Waals surface area (Å²) < 4.78 is 22.1. The third-order valence-corrected chi connectivity index (χ3v) is 2.92. The van der Waals surface area contributed by atoms with Crippen LogP contribution >= 0.6 is 0 Å². The predicted molar refractivity (Wildman–Crippen MR) is 66.2 cm³/mol. The van der Waals surface area contributed by atoms with E-state index >= 15 is 0 Å². The summed E-state index contributed by atoms with van der Waals surface area (Å²) in [6.45, 7) is 5.58. The topological polar surface area (TPSA) is 81.8 Å². The van der Waals surface area contributed by atoms with Gasteiger partial charge in [0, 0.05) is 0 Å². The van der Waals surface area contributed by atoms with Gasteiger partial charge >= 0.3 is 0 Å². The summed E-state index contributed by atoms with van der Waals surface area (Å²) in [6.07, 6.45) is 1.58. The highest BCUT2D eigenvalue weighted by molar-refractivity contribution is 7.89. The van der Waals surface area contributed by atoms with E-state index in [4.69, 9.17) is 9.98 Å². The summed E-state index contributed by atoms with van der Waals surface area (Å²) in [5.74, 6) is 0. The quantitative estimate of drug-likeness (QED) is 0.371. The molecule has 0 fully saturated rings. The van der Waals surface area contributed by atoms with Crippen LogP contribution in [0.5, 0.6) is 0 Å². The van der Waals surface area contributed by atoms with Gasteiger partial charge in [0.15, 0.2) is 0 Å². The van der Waals surface area contributed by atoms with Gasteiger partial charge in [0.2, 0.25) is 10.0 Å². The molecule has 92 valence electrons. The number of oxime groups is 1. The van der Waals surface area contributed by atoms with Gasteiger partial charge in [-0.15, -0.1) is 0 Å². The van der Waals surface area contributed by atoms with Crippen LogP contribution in [0.2, 0.25) is 0 Å². The SMILES string of the molecule is C=CCON=C(C)c1ccc(S(N)(=O)=O)cc1. The predicted octanol–water partition coefficient (Wildman–Crippen LogP) is 1.26. The second kappa shape index (κ2) is 5.60. The molecule has 0 saturated carbocycles. The van der Waals surface area contributed by atoms with E-state index in [-0.39, 0.29) is 4.90 Å². The average molecular weight is 254 g/mol. The second-order valence-electron chi connectivity index (χ2n) is 3.33. The van der Waals surface area contributed by atoms with Crippen molar-refractivity contribution in [1.29, 1.82) is 0 Å². The Labute approximate surface area is 101 Å². The third-order valence-electron chi connectivity index (χ3n) is 1.99. The maximum atomic E-state index is 11.0. The van der Waals surface area contributed by atoms with Crippen LogP contribution in [0.1, 0.15) is 12.5 Å². The van der Waals surface area contributed by atoms with E-state index in [2.05, 4.69) is 11.7 Å². The molecule has 0 aliphatic heterocycles. The third kappa shape index (κ3) is 4.01. The smallest absolute Gasteiger partial charge is 0.238 e. The van der Waals surface area contributed by atoms with Crippen molar-refractivity contribution in [1.82, 2.24) is 0 Å². The lowest BCUT2D eigenvalue weighted by Gasteiger charge is -2.02. The molecule has 1 aromatic rings. The van der Waals surface area contributed by atoms with Crippen LogP contribution in [0.3, 0.4) is 0 Å². The van der Waals surface area contributed by atoms with Gasteiger partial charge in [-0.25, -0.2) is 13.6 Å². The summed E-state index contributed by atoms with van der Waals surface area (Å²) in [7, 11) is -3.65. The minimum absolute atomic E-state index is 0.0704. The Bertz CT molecular complexity index is 518. The lowest BCUT2D eigenvalue weighted by molar-refractivity contribution is 0.175. The molecule has 0 atom stereocenters. The minimum atomic E-state index is -3.65. The van der Waals surface area contributed by atoms with Gasteiger partial charge in [-0.1, -0.05) is 29.9 Å². The van der Waals surface area contributed by atoms with Gasteiger partial charge in [-0.3, -0.25) is 0 Å². The van der Waals surface area contributed by atoms with E-state index in [0.29, 0.717) is 12.3 Å². The van der Waals surface area contributed by atoms with Gasteiger partial charge in [0.1, 0.15) is 6.61 Å². The van der Waals surface area contributed by atoms with Crippen molar-refractivity contribution in [3.8, 4) is 0 Å². The van der Waals surface area contributed by atoms with Gasteiger partial charge in [-0.05, 0) is 24.6 Å². The molecule has 0 spiro atoms. The van der Waals surface area contributed by atoms with Crippen LogP contribution in [0.15, 0.2) is 47.0 Å². The first-order valence-electron chi connectivity index (χ1n) is 4.86. The monoisotopic (exact) mass is 254 g/mol. The second-order valence-corrected chi connectivity index (χ2v) is 4.89. The molecule has 1 aromatic carbocycles. The lowest BCUT2D eigenvalue weighted by atomic mass is 10.1. The lowest BCUT2D eigenvalue weighted by Crippen LogP contribution is -2.12. The largest absolute Gasteiger partial charge is 0.391 e. The number of nitrogens with two attached hydrogens (primary N) is 1. The summed E-state index contributed by atoms with van der Waals surface area (Å²) in [6, 6.07) is 6.10. The van der Waals surface area contributed by atoms with Crippen LogP contribution in [0.25, 0.3) is 0 Å². The number of sulfonamides is 1. The summed E-state index contributed by atoms with van der Waals surface area (Å²) >= 11 is 0. The molecule has 5 nitrogen and oxygen atoms in total. The van der Waals surface area contributed by atoms with E-state index in [9.17, 15) is 8.42 Å². The Morgan fingerprint density at radius 1 is 1.47 bits per heavy atom. The van der Waals surface area contributed by atoms with E-state index in [1.165, 1.54) is 12.1 Å². The maximum absolute atomic E-state index is 11.0. The Morgan fingerprint density at radius 2 is 2.06 bits per heavy atom. The number of hydrogen-bond acceptors (Lipinski definition) is 4. The molecule has 2 N–H and O–H groups in total. The van der Waals surface area contributed by atoms with Gasteiger partial charge < -0.3 is 4.84 Å². The van der Waals surface area contributed by atoms with Crippen molar-refractivity contribution in [3.05, 3.63) is 42.5 Å². The van der Waals surface area contributed by atoms with Gasteiger partial charge in [-0.2, -0.15) is 0 Å². The fraction of sp³-hybridized carbons (Fsp3) is 0.182. The molecule has 0 bridgehead atoms. The Morgan fingerprint density at radius 3 is 2.53 bits per heavy atom. The van der Waals surface area contributed by atoms with Crippen LogP contribution < -0.4 is 5.14 Å². The highest BCUT2D eigenvalue weighted by atomic mass is 32.2. The average Bonchev–Trinajstić information content (AvgIpc) is 2.28. The maximum Gasteiger partial charge on any atom is 0.238 e. The molecule has 1 rings (SSSR count).